The summed E-state index contributed by atoms with van der Waals surface area (Å²) in [4.78, 5) is 58.8. The van der Waals surface area contributed by atoms with E-state index in [2.05, 4.69) is 191 Å². The Kier molecular flexibility index (Phi) is 74.7. The maximum Gasteiger partial charge on any atom is 0.472 e. The quantitative estimate of drug-likeness (QED) is 0.0146. The van der Waals surface area contributed by atoms with Gasteiger partial charge < -0.3 is 34.2 Å². The zero-order chi connectivity index (χ0) is 76.6. The summed E-state index contributed by atoms with van der Waals surface area (Å²) in [6.07, 6.45) is 99.5. The highest BCUT2D eigenvalue weighted by Crippen LogP contribution is 2.45. The molecule has 0 saturated heterocycles. The molecule has 18 heteroatoms. The van der Waals surface area contributed by atoms with Crippen molar-refractivity contribution in [1.82, 2.24) is 0 Å². The summed E-state index contributed by atoms with van der Waals surface area (Å²) in [7, 11) is -9.82. The van der Waals surface area contributed by atoms with Crippen molar-refractivity contribution < 1.29 is 75.8 Å². The molecule has 0 aromatic heterocycles. The molecule has 0 aliphatic heterocycles. The zero-order valence-corrected chi connectivity index (χ0v) is 67.1. The molecule has 0 aliphatic carbocycles. The van der Waals surface area contributed by atoms with Crippen molar-refractivity contribution in [3.05, 3.63) is 170 Å². The van der Waals surface area contributed by atoms with Crippen LogP contribution < -0.4 is 0 Å². The minimum Gasteiger partial charge on any atom is -0.463 e. The molecule has 0 bridgehead atoms. The summed E-state index contributed by atoms with van der Waals surface area (Å²) in [5, 5.41) is 20.7. The van der Waals surface area contributed by atoms with Gasteiger partial charge in [-0.3, -0.25) is 32.5 Å². The van der Waals surface area contributed by atoms with Gasteiger partial charge in [-0.2, -0.15) is 0 Å². The van der Waals surface area contributed by atoms with Crippen LogP contribution in [0.1, 0.15) is 303 Å². The predicted octanol–water partition coefficient (Wildman–Crippen LogP) is 24.0. The van der Waals surface area contributed by atoms with Crippen LogP contribution in [0.25, 0.3) is 0 Å². The minimum absolute atomic E-state index is 0.0731. The van der Waals surface area contributed by atoms with Gasteiger partial charge in [0, 0.05) is 19.3 Å². The Labute approximate surface area is 637 Å². The Morgan fingerprint density at radius 2 is 0.505 bits per heavy atom. The zero-order valence-electron chi connectivity index (χ0n) is 65.3. The first-order chi connectivity index (χ1) is 51.2. The standard InChI is InChI=1S/C87H144O16P2/c1-4-7-10-13-16-19-22-25-28-31-34-37-38-39-40-41-42-45-47-49-52-55-58-61-64-67-70-73-85(90)97-76-82(88)77-99-104(93,94)100-78-83(89)79-101-105(95,96)102-81-84(103-87(92)75-72-69-66-63-60-57-54-51-48-44-36-33-30-27-24-21-18-15-12-9-6-3)80-98-86(91)74-71-68-65-62-59-56-53-50-46-43-35-32-29-26-23-20-17-14-11-8-5-2/h7,10,16-21,25-30,34-37,39-40,42-45,50-51,53-54,82-84,88-89H,4-6,8-9,11-15,22-24,31-33,38,41,46-49,52,55-81H2,1-3H3,(H,93,94)(H,95,96)/b10-7-,19-16-,20-17-,21-18-,28-25-,29-26-,30-27-,37-34-,40-39-,43-35-,44-36-,45-42-,53-50-,54-51-. The molecule has 0 amide bonds. The van der Waals surface area contributed by atoms with Crippen LogP contribution in [-0.4, -0.2) is 95.9 Å². The van der Waals surface area contributed by atoms with Crippen LogP contribution in [0.2, 0.25) is 0 Å². The van der Waals surface area contributed by atoms with Crippen LogP contribution in [0.15, 0.2) is 170 Å². The summed E-state index contributed by atoms with van der Waals surface area (Å²) in [6, 6.07) is 0. The van der Waals surface area contributed by atoms with Crippen molar-refractivity contribution in [2.24, 2.45) is 0 Å². The van der Waals surface area contributed by atoms with E-state index >= 15 is 0 Å². The third-order valence-electron chi connectivity index (χ3n) is 16.4. The van der Waals surface area contributed by atoms with Gasteiger partial charge in [0.25, 0.3) is 0 Å². The normalized spacial score (nSPS) is 14.8. The first-order valence-corrected chi connectivity index (χ1v) is 43.4. The number of esters is 3. The third-order valence-corrected chi connectivity index (χ3v) is 18.3. The minimum atomic E-state index is -4.95. The first-order valence-electron chi connectivity index (χ1n) is 40.4. The Hall–Kier alpha value is -5.09. The number of ether oxygens (including phenoxy) is 3. The molecule has 16 nitrogen and oxygen atoms in total. The molecule has 0 aromatic rings. The number of phosphoric acid groups is 2. The van der Waals surface area contributed by atoms with E-state index in [-0.39, 0.29) is 19.3 Å². The largest absolute Gasteiger partial charge is 0.472 e. The van der Waals surface area contributed by atoms with E-state index in [1.165, 1.54) is 64.2 Å². The SMILES string of the molecule is CC/C=C\C/C=C\C/C=C\C/C=C\C/C=C\C/C=C\CCCCCCCCCCC(=O)OCC(O)COP(=O)(O)OCC(O)COP(=O)(O)OCC(COC(=O)CCCCCCC/C=C\C/C=C\C/C=C\C/C=C\CCCCC)OC(=O)CCCCCCC/C=C\C/C=C\C/C=C\C/C=C\CCCCC. The summed E-state index contributed by atoms with van der Waals surface area (Å²) in [5.74, 6) is -1.63. The molecule has 4 N–H and O–H groups in total. The molecule has 0 aromatic carbocycles. The molecular formula is C87H144O16P2. The molecule has 0 saturated carbocycles. The van der Waals surface area contributed by atoms with Crippen molar-refractivity contribution in [1.29, 1.82) is 0 Å². The van der Waals surface area contributed by atoms with Gasteiger partial charge in [-0.05, 0) is 161 Å². The van der Waals surface area contributed by atoms with Crippen molar-refractivity contribution >= 4 is 33.6 Å². The summed E-state index contributed by atoms with van der Waals surface area (Å²) >= 11 is 0. The van der Waals surface area contributed by atoms with Crippen LogP contribution in [0.5, 0.6) is 0 Å². The highest BCUT2D eigenvalue weighted by Gasteiger charge is 2.29. The van der Waals surface area contributed by atoms with Gasteiger partial charge >= 0.3 is 33.6 Å². The number of hydrogen-bond acceptors (Lipinski definition) is 14. The second-order valence-corrected chi connectivity index (χ2v) is 29.4. The van der Waals surface area contributed by atoms with E-state index in [0.29, 0.717) is 19.3 Å². The molecule has 0 heterocycles. The summed E-state index contributed by atoms with van der Waals surface area (Å²) < 4.78 is 61.2. The lowest BCUT2D eigenvalue weighted by molar-refractivity contribution is -0.161. The Morgan fingerprint density at radius 1 is 0.276 bits per heavy atom. The number of phosphoric ester groups is 2. The average Bonchev–Trinajstić information content (AvgIpc) is 0.922. The number of allylic oxidation sites excluding steroid dienone is 28. The van der Waals surface area contributed by atoms with Gasteiger partial charge in [-0.25, -0.2) is 9.13 Å². The fraction of sp³-hybridized carbons (Fsp3) is 0.644. The molecule has 0 radical (unpaired) electrons. The molecule has 0 aliphatic rings. The van der Waals surface area contributed by atoms with Gasteiger partial charge in [0.15, 0.2) is 6.10 Å². The molecule has 105 heavy (non-hydrogen) atoms. The number of aliphatic hydroxyl groups excluding tert-OH is 2. The van der Waals surface area contributed by atoms with Crippen LogP contribution >= 0.6 is 15.6 Å². The number of hydrogen-bond donors (Lipinski definition) is 4. The lowest BCUT2D eigenvalue weighted by Crippen LogP contribution is -2.30. The van der Waals surface area contributed by atoms with E-state index in [0.717, 1.165) is 180 Å². The number of carbonyl (C=O) groups is 3. The number of carbonyl (C=O) groups excluding carboxylic acids is 3. The van der Waals surface area contributed by atoms with Gasteiger partial charge in [0.05, 0.1) is 26.4 Å². The van der Waals surface area contributed by atoms with Gasteiger partial charge in [0.1, 0.15) is 25.4 Å². The summed E-state index contributed by atoms with van der Waals surface area (Å²) in [6.45, 7) is 2.45. The van der Waals surface area contributed by atoms with E-state index in [9.17, 15) is 43.5 Å². The smallest absolute Gasteiger partial charge is 0.463 e. The number of unbranched alkanes of at least 4 members (excludes halogenated alkanes) is 24. The average molecular weight is 1510 g/mol. The van der Waals surface area contributed by atoms with Gasteiger partial charge in [0.2, 0.25) is 0 Å². The molecule has 0 spiro atoms. The van der Waals surface area contributed by atoms with E-state index < -0.39 is 91.5 Å². The highest BCUT2D eigenvalue weighted by atomic mass is 31.2. The second-order valence-electron chi connectivity index (χ2n) is 26.5. The van der Waals surface area contributed by atoms with Gasteiger partial charge in [-0.1, -0.05) is 294 Å². The van der Waals surface area contributed by atoms with Crippen LogP contribution in [0.3, 0.4) is 0 Å². The van der Waals surface area contributed by atoms with E-state index in [4.69, 9.17) is 32.3 Å². The van der Waals surface area contributed by atoms with Crippen molar-refractivity contribution in [2.45, 2.75) is 322 Å². The first kappa shape index (κ1) is 99.9. The van der Waals surface area contributed by atoms with Crippen LogP contribution in [-0.2, 0) is 55.8 Å². The molecule has 0 fully saturated rings. The number of aliphatic hydroxyl groups is 2. The lowest BCUT2D eigenvalue weighted by atomic mass is 10.1. The predicted molar refractivity (Wildman–Crippen MR) is 435 cm³/mol. The monoisotopic (exact) mass is 1510 g/mol. The maximum absolute atomic E-state index is 13.0. The Bertz CT molecular complexity index is 2590. The van der Waals surface area contributed by atoms with Crippen molar-refractivity contribution in [2.75, 3.05) is 39.6 Å². The van der Waals surface area contributed by atoms with E-state index in [1.807, 2.05) is 0 Å². The fourth-order valence-corrected chi connectivity index (χ4v) is 11.8. The summed E-state index contributed by atoms with van der Waals surface area (Å²) in [5.41, 5.74) is 0. The molecular weight excluding hydrogens is 1360 g/mol. The topological polar surface area (TPSA) is 231 Å². The Morgan fingerprint density at radius 3 is 0.800 bits per heavy atom. The third kappa shape index (κ3) is 79.8. The molecule has 0 rings (SSSR count). The van der Waals surface area contributed by atoms with Gasteiger partial charge in [-0.15, -0.1) is 0 Å². The fourth-order valence-electron chi connectivity index (χ4n) is 10.2. The molecule has 5 atom stereocenters. The number of rotatable bonds is 75. The molecule has 5 unspecified atom stereocenters. The van der Waals surface area contributed by atoms with E-state index in [1.54, 1.807) is 0 Å². The Balaban J connectivity index is 4.71. The molecule has 598 valence electrons. The van der Waals surface area contributed by atoms with Crippen LogP contribution in [0, 0.1) is 0 Å². The van der Waals surface area contributed by atoms with Crippen molar-refractivity contribution in [3.63, 3.8) is 0 Å². The maximum atomic E-state index is 13.0. The second kappa shape index (κ2) is 78.5. The van der Waals surface area contributed by atoms with Crippen LogP contribution in [0.4, 0.5) is 0 Å². The lowest BCUT2D eigenvalue weighted by Gasteiger charge is -2.21. The highest BCUT2D eigenvalue weighted by molar-refractivity contribution is 7.47. The van der Waals surface area contributed by atoms with Crippen molar-refractivity contribution in [3.8, 4) is 0 Å².